The van der Waals surface area contributed by atoms with Crippen molar-refractivity contribution in [3.05, 3.63) is 17.8 Å². The normalized spacial score (nSPS) is 12.9. The van der Waals surface area contributed by atoms with Crippen LogP contribution in [0.4, 0.5) is 5.82 Å². The van der Waals surface area contributed by atoms with Crippen LogP contribution in [0, 0.1) is 0 Å². The Morgan fingerprint density at radius 3 is 3.20 bits per heavy atom. The molecule has 2 heterocycles. The van der Waals surface area contributed by atoms with Crippen molar-refractivity contribution in [2.45, 2.75) is 12.2 Å². The molecule has 0 amide bonds. The molecule has 0 fully saturated rings. The molecule has 0 bridgehead atoms. The van der Waals surface area contributed by atoms with Crippen molar-refractivity contribution in [2.75, 3.05) is 18.1 Å². The molecular weight excluding hydrogens is 226 g/mol. The molecule has 1 unspecified atom stereocenters. The number of aromatic nitrogens is 2. The number of anilines is 1. The van der Waals surface area contributed by atoms with E-state index in [1.807, 2.05) is 17.1 Å². The smallest absolute Gasteiger partial charge is 0.138 e. The molecule has 1 N–H and O–H groups in total. The Morgan fingerprint density at radius 2 is 2.40 bits per heavy atom. The van der Waals surface area contributed by atoms with Gasteiger partial charge in [-0.2, -0.15) is 11.8 Å². The highest BCUT2D eigenvalue weighted by atomic mass is 32.2. The Bertz CT molecular complexity index is 441. The van der Waals surface area contributed by atoms with Gasteiger partial charge in [0.15, 0.2) is 0 Å². The van der Waals surface area contributed by atoms with E-state index in [0.717, 1.165) is 22.6 Å². The molecule has 3 nitrogen and oxygen atoms in total. The third kappa shape index (κ3) is 2.41. The molecule has 0 aliphatic heterocycles. The highest BCUT2D eigenvalue weighted by molar-refractivity contribution is 7.99. The average Bonchev–Trinajstić information content (AvgIpc) is 2.74. The molecule has 1 atom stereocenters. The lowest BCUT2D eigenvalue weighted by Gasteiger charge is -2.10. The Hall–Kier alpha value is -0.810. The second-order valence-corrected chi connectivity index (χ2v) is 5.46. The lowest BCUT2D eigenvalue weighted by molar-refractivity contribution is 0.992. The van der Waals surface area contributed by atoms with Crippen LogP contribution in [0.5, 0.6) is 0 Å². The summed E-state index contributed by atoms with van der Waals surface area (Å²) >= 11 is 3.49. The summed E-state index contributed by atoms with van der Waals surface area (Å²) in [5.74, 6) is 0.946. The summed E-state index contributed by atoms with van der Waals surface area (Å²) in [6.45, 7) is 3.13. The van der Waals surface area contributed by atoms with Crippen molar-refractivity contribution in [3.8, 4) is 0 Å². The predicted octanol–water partition coefficient (Wildman–Crippen LogP) is 2.85. The molecular formula is C10H13N3S2. The van der Waals surface area contributed by atoms with E-state index < -0.39 is 0 Å². The number of fused-ring (bicyclic) bond motifs is 1. The molecule has 5 heteroatoms. The van der Waals surface area contributed by atoms with Gasteiger partial charge in [0.05, 0.1) is 5.39 Å². The van der Waals surface area contributed by atoms with Gasteiger partial charge >= 0.3 is 0 Å². The molecule has 80 valence electrons. The zero-order valence-electron chi connectivity index (χ0n) is 8.73. The van der Waals surface area contributed by atoms with Gasteiger partial charge in [-0.25, -0.2) is 9.97 Å². The summed E-state index contributed by atoms with van der Waals surface area (Å²) in [5.41, 5.74) is 0. The van der Waals surface area contributed by atoms with Crippen molar-refractivity contribution in [1.29, 1.82) is 0 Å². The first-order valence-electron chi connectivity index (χ1n) is 4.76. The monoisotopic (exact) mass is 239 g/mol. The molecule has 15 heavy (non-hydrogen) atoms. The van der Waals surface area contributed by atoms with Gasteiger partial charge in [0.2, 0.25) is 0 Å². The molecule has 0 aliphatic carbocycles. The SMILES string of the molecule is CSC(C)CNc1ncnc2sccc12. The van der Waals surface area contributed by atoms with E-state index in [1.165, 1.54) is 0 Å². The van der Waals surface area contributed by atoms with Crippen LogP contribution in [0.3, 0.4) is 0 Å². The molecule has 2 rings (SSSR count). The first-order chi connectivity index (χ1) is 7.31. The predicted molar refractivity (Wildman–Crippen MR) is 68.9 cm³/mol. The van der Waals surface area contributed by atoms with Gasteiger partial charge in [0.25, 0.3) is 0 Å². The molecule has 0 aliphatic rings. The minimum Gasteiger partial charge on any atom is -0.368 e. The Kier molecular flexibility index (Phi) is 3.43. The molecule has 0 aromatic carbocycles. The third-order valence-corrected chi connectivity index (χ3v) is 4.01. The average molecular weight is 239 g/mol. The number of nitrogens with zero attached hydrogens (tertiary/aromatic N) is 2. The third-order valence-electron chi connectivity index (χ3n) is 2.22. The summed E-state index contributed by atoms with van der Waals surface area (Å²) in [6.07, 6.45) is 3.73. The zero-order chi connectivity index (χ0) is 10.7. The van der Waals surface area contributed by atoms with Crippen LogP contribution >= 0.6 is 23.1 Å². The van der Waals surface area contributed by atoms with Gasteiger partial charge in [-0.3, -0.25) is 0 Å². The fourth-order valence-electron chi connectivity index (χ4n) is 1.25. The number of hydrogen-bond acceptors (Lipinski definition) is 5. The van der Waals surface area contributed by atoms with Crippen molar-refractivity contribution in [1.82, 2.24) is 9.97 Å². The Morgan fingerprint density at radius 1 is 1.53 bits per heavy atom. The standard InChI is InChI=1S/C10H13N3S2/c1-7(14-2)5-11-9-8-3-4-15-10(8)13-6-12-9/h3-4,6-7H,5H2,1-2H3,(H,11,12,13). The van der Waals surface area contributed by atoms with Crippen LogP contribution in [0.25, 0.3) is 10.2 Å². The van der Waals surface area contributed by atoms with E-state index in [-0.39, 0.29) is 0 Å². The second kappa shape index (κ2) is 4.81. The number of thiophene rings is 1. The summed E-state index contributed by atoms with van der Waals surface area (Å²) in [4.78, 5) is 9.52. The Balaban J connectivity index is 2.17. The quantitative estimate of drug-likeness (QED) is 0.890. The highest BCUT2D eigenvalue weighted by Crippen LogP contribution is 2.23. The van der Waals surface area contributed by atoms with Crippen LogP contribution in [0.1, 0.15) is 6.92 Å². The maximum atomic E-state index is 4.26. The minimum atomic E-state index is 0.591. The number of nitrogens with one attached hydrogen (secondary N) is 1. The summed E-state index contributed by atoms with van der Waals surface area (Å²) in [5, 5.41) is 7.12. The zero-order valence-corrected chi connectivity index (χ0v) is 10.4. The maximum Gasteiger partial charge on any atom is 0.138 e. The first-order valence-corrected chi connectivity index (χ1v) is 6.93. The summed E-state index contributed by atoms with van der Waals surface area (Å²) < 4.78 is 0. The summed E-state index contributed by atoms with van der Waals surface area (Å²) in [7, 11) is 0. The van der Waals surface area contributed by atoms with E-state index in [1.54, 1.807) is 17.7 Å². The first kappa shape index (κ1) is 10.7. The molecule has 2 aromatic rings. The van der Waals surface area contributed by atoms with Crippen LogP contribution in [-0.4, -0.2) is 28.0 Å². The van der Waals surface area contributed by atoms with Gasteiger partial charge in [0.1, 0.15) is 17.0 Å². The van der Waals surface area contributed by atoms with Gasteiger partial charge in [-0.1, -0.05) is 6.92 Å². The van der Waals surface area contributed by atoms with Crippen molar-refractivity contribution >= 4 is 39.1 Å². The van der Waals surface area contributed by atoms with Crippen molar-refractivity contribution in [2.24, 2.45) is 0 Å². The lowest BCUT2D eigenvalue weighted by Crippen LogP contribution is -2.13. The van der Waals surface area contributed by atoms with E-state index in [4.69, 9.17) is 0 Å². The molecule has 2 aromatic heterocycles. The fourth-order valence-corrected chi connectivity index (χ4v) is 2.24. The van der Waals surface area contributed by atoms with Gasteiger partial charge in [-0.15, -0.1) is 11.3 Å². The largest absolute Gasteiger partial charge is 0.368 e. The summed E-state index contributed by atoms with van der Waals surface area (Å²) in [6, 6.07) is 2.06. The Labute approximate surface area is 97.3 Å². The van der Waals surface area contributed by atoms with Gasteiger partial charge in [0, 0.05) is 11.8 Å². The molecule has 0 saturated heterocycles. The maximum absolute atomic E-state index is 4.26. The van der Waals surface area contributed by atoms with Gasteiger partial charge < -0.3 is 5.32 Å². The number of hydrogen-bond donors (Lipinski definition) is 1. The van der Waals surface area contributed by atoms with Crippen LogP contribution in [0.2, 0.25) is 0 Å². The van der Waals surface area contributed by atoms with Crippen molar-refractivity contribution < 1.29 is 0 Å². The van der Waals surface area contributed by atoms with E-state index >= 15 is 0 Å². The van der Waals surface area contributed by atoms with E-state index in [0.29, 0.717) is 5.25 Å². The van der Waals surface area contributed by atoms with Crippen LogP contribution in [0.15, 0.2) is 17.8 Å². The molecule has 0 radical (unpaired) electrons. The van der Waals surface area contributed by atoms with Gasteiger partial charge in [-0.05, 0) is 17.7 Å². The van der Waals surface area contributed by atoms with E-state index in [9.17, 15) is 0 Å². The van der Waals surface area contributed by atoms with E-state index in [2.05, 4.69) is 34.5 Å². The number of thioether (sulfide) groups is 1. The van der Waals surface area contributed by atoms with Crippen molar-refractivity contribution in [3.63, 3.8) is 0 Å². The fraction of sp³-hybridized carbons (Fsp3) is 0.400. The highest BCUT2D eigenvalue weighted by Gasteiger charge is 2.05. The van der Waals surface area contributed by atoms with Crippen LogP contribution < -0.4 is 5.32 Å². The second-order valence-electron chi connectivity index (χ2n) is 3.29. The minimum absolute atomic E-state index is 0.591. The molecule has 0 spiro atoms. The van der Waals surface area contributed by atoms with Crippen LogP contribution in [-0.2, 0) is 0 Å². The number of rotatable bonds is 4. The topological polar surface area (TPSA) is 37.8 Å². The lowest BCUT2D eigenvalue weighted by atomic mass is 10.3. The molecule has 0 saturated carbocycles.